The van der Waals surface area contributed by atoms with Gasteiger partial charge in [0.25, 0.3) is 10.0 Å². The molecule has 6 rings (SSSR count). The highest BCUT2D eigenvalue weighted by Crippen LogP contribution is 2.31. The molecule has 0 saturated heterocycles. The van der Waals surface area contributed by atoms with Gasteiger partial charge < -0.3 is 10.7 Å². The number of benzene rings is 3. The largest absolute Gasteiger partial charge is 0.383 e. The number of anilines is 2. The first-order valence-electron chi connectivity index (χ1n) is 12.6. The maximum atomic E-state index is 14.0. The van der Waals surface area contributed by atoms with Crippen LogP contribution in [0.4, 0.5) is 11.5 Å². The van der Waals surface area contributed by atoms with Crippen molar-refractivity contribution in [3.63, 3.8) is 0 Å². The molecule has 3 aromatic carbocycles. The van der Waals surface area contributed by atoms with Crippen molar-refractivity contribution in [2.75, 3.05) is 16.7 Å². The van der Waals surface area contributed by atoms with E-state index in [-0.39, 0.29) is 33.2 Å². The van der Waals surface area contributed by atoms with Crippen LogP contribution in [0.2, 0.25) is 0 Å². The third kappa shape index (κ3) is 4.69. The first-order chi connectivity index (χ1) is 19.8. The van der Waals surface area contributed by atoms with Crippen LogP contribution in [0.15, 0.2) is 77.8 Å². The zero-order chi connectivity index (χ0) is 30.0. The number of ketones is 1. The van der Waals surface area contributed by atoms with E-state index in [1.807, 2.05) is 13.8 Å². The van der Waals surface area contributed by atoms with Crippen LogP contribution in [0, 0.1) is 13.8 Å². The monoisotopic (exact) mass is 603 g/mol. The summed E-state index contributed by atoms with van der Waals surface area (Å²) < 4.78 is 56.5. The van der Waals surface area contributed by atoms with Crippen molar-refractivity contribution >= 4 is 59.3 Å². The van der Waals surface area contributed by atoms with Crippen molar-refractivity contribution in [3.05, 3.63) is 95.6 Å². The van der Waals surface area contributed by atoms with Crippen molar-refractivity contribution in [1.82, 2.24) is 23.7 Å². The van der Waals surface area contributed by atoms with E-state index in [4.69, 9.17) is 5.73 Å². The molecule has 214 valence electrons. The Morgan fingerprint density at radius 3 is 2.40 bits per heavy atom. The molecular weight excluding hydrogens is 578 g/mol. The molecule has 42 heavy (non-hydrogen) atoms. The van der Waals surface area contributed by atoms with E-state index in [9.17, 15) is 21.6 Å². The Bertz CT molecular complexity index is 2260. The molecule has 3 heterocycles. The lowest BCUT2D eigenvalue weighted by atomic mass is 10.1. The van der Waals surface area contributed by atoms with Crippen LogP contribution in [0.1, 0.15) is 27.4 Å². The van der Waals surface area contributed by atoms with Gasteiger partial charge in [-0.15, -0.1) is 0 Å². The fourth-order valence-corrected chi connectivity index (χ4v) is 6.88. The van der Waals surface area contributed by atoms with Crippen LogP contribution in [0.25, 0.3) is 27.6 Å². The van der Waals surface area contributed by atoms with Gasteiger partial charge >= 0.3 is 0 Å². The van der Waals surface area contributed by atoms with Gasteiger partial charge in [-0.05, 0) is 62.4 Å². The molecule has 0 bridgehead atoms. The van der Waals surface area contributed by atoms with Crippen LogP contribution in [0.3, 0.4) is 0 Å². The second-order valence-corrected chi connectivity index (χ2v) is 13.5. The molecule has 0 aliphatic rings. The van der Waals surface area contributed by atoms with E-state index in [1.54, 1.807) is 30.3 Å². The first-order valence-corrected chi connectivity index (χ1v) is 16.0. The molecule has 0 unspecified atom stereocenters. The molecule has 0 radical (unpaired) electrons. The van der Waals surface area contributed by atoms with Crippen LogP contribution < -0.4 is 10.5 Å². The van der Waals surface area contributed by atoms with Gasteiger partial charge in [-0.1, -0.05) is 23.8 Å². The fourth-order valence-electron chi connectivity index (χ4n) is 4.82. The summed E-state index contributed by atoms with van der Waals surface area (Å²) in [6.45, 7) is 3.66. The zero-order valence-electron chi connectivity index (χ0n) is 22.7. The second kappa shape index (κ2) is 9.56. The quantitative estimate of drug-likeness (QED) is 0.231. The van der Waals surface area contributed by atoms with E-state index >= 15 is 0 Å². The molecule has 4 N–H and O–H groups in total. The van der Waals surface area contributed by atoms with Crippen molar-refractivity contribution in [1.29, 1.82) is 0 Å². The predicted molar refractivity (Wildman–Crippen MR) is 160 cm³/mol. The third-order valence-corrected chi connectivity index (χ3v) is 9.08. The molecule has 0 aliphatic heterocycles. The zero-order valence-corrected chi connectivity index (χ0v) is 24.3. The SMILES string of the molecule is Cc1ccc(S(=O)(=O)n2c(C(=O)c3cnn(-c4ccc5nc(C)[nH]c5c4)c3N)cc3ccc(NS(C)(=O)=O)cc32)cc1. The van der Waals surface area contributed by atoms with Crippen LogP contribution in [0.5, 0.6) is 0 Å². The molecule has 12 nitrogen and oxygen atoms in total. The Kier molecular flexibility index (Phi) is 6.20. The molecule has 0 atom stereocenters. The van der Waals surface area contributed by atoms with Gasteiger partial charge in [0.05, 0.1) is 50.8 Å². The lowest BCUT2D eigenvalue weighted by molar-refractivity contribution is 0.103. The van der Waals surface area contributed by atoms with Crippen molar-refractivity contribution in [3.8, 4) is 5.69 Å². The maximum absolute atomic E-state index is 14.0. The number of nitrogen functional groups attached to an aromatic ring is 1. The van der Waals surface area contributed by atoms with E-state index in [0.717, 1.165) is 32.6 Å². The van der Waals surface area contributed by atoms with E-state index in [0.29, 0.717) is 11.1 Å². The number of nitrogens with one attached hydrogen (secondary N) is 2. The van der Waals surface area contributed by atoms with Crippen molar-refractivity contribution < 1.29 is 21.6 Å². The van der Waals surface area contributed by atoms with Gasteiger partial charge in [-0.2, -0.15) is 5.10 Å². The summed E-state index contributed by atoms with van der Waals surface area (Å²) in [5, 5.41) is 4.72. The standard InChI is InChI=1S/C28H25N7O5S2/c1-16-4-9-21(10-5-16)42(39,40)35-25-13-19(33-41(3,37)38)7-6-18(25)12-26(35)27(36)22-15-30-34(28(22)29)20-8-11-23-24(14-20)32-17(2)31-23/h4-15,33H,29H2,1-3H3,(H,31,32). The lowest BCUT2D eigenvalue weighted by Crippen LogP contribution is -2.19. The number of aryl methyl sites for hydroxylation is 2. The van der Waals surface area contributed by atoms with E-state index in [1.165, 1.54) is 47.3 Å². The number of H-pyrrole nitrogens is 1. The highest BCUT2D eigenvalue weighted by molar-refractivity contribution is 7.92. The number of nitrogens with two attached hydrogens (primary N) is 1. The van der Waals surface area contributed by atoms with Gasteiger partial charge in [0, 0.05) is 5.39 Å². The van der Waals surface area contributed by atoms with Gasteiger partial charge in [0.1, 0.15) is 17.3 Å². The van der Waals surface area contributed by atoms with Gasteiger partial charge in [0.15, 0.2) is 0 Å². The van der Waals surface area contributed by atoms with Crippen LogP contribution in [-0.4, -0.2) is 52.6 Å². The Labute approximate surface area is 240 Å². The molecule has 0 amide bonds. The average molecular weight is 604 g/mol. The number of rotatable bonds is 7. The molecular formula is C28H25N7O5S2. The second-order valence-electron chi connectivity index (χ2n) is 9.97. The average Bonchev–Trinajstić information content (AvgIpc) is 3.60. The highest BCUT2D eigenvalue weighted by atomic mass is 32.2. The molecule has 14 heteroatoms. The first kappa shape index (κ1) is 27.2. The smallest absolute Gasteiger partial charge is 0.268 e. The Hall–Kier alpha value is -4.95. The summed E-state index contributed by atoms with van der Waals surface area (Å²) >= 11 is 0. The number of aromatic amines is 1. The third-order valence-electron chi connectivity index (χ3n) is 6.73. The summed E-state index contributed by atoms with van der Waals surface area (Å²) in [6, 6.07) is 17.4. The number of aromatic nitrogens is 5. The van der Waals surface area contributed by atoms with E-state index < -0.39 is 25.8 Å². The molecule has 0 spiro atoms. The lowest BCUT2D eigenvalue weighted by Gasteiger charge is -2.13. The number of hydrogen-bond donors (Lipinski definition) is 3. The number of carbonyl (C=O) groups is 1. The minimum atomic E-state index is -4.32. The van der Waals surface area contributed by atoms with Crippen LogP contribution >= 0.6 is 0 Å². The summed E-state index contributed by atoms with van der Waals surface area (Å²) in [5.74, 6) is 0.0743. The number of fused-ring (bicyclic) bond motifs is 2. The number of sulfonamides is 1. The molecule has 0 saturated carbocycles. The number of hydrogen-bond acceptors (Lipinski definition) is 8. The van der Waals surface area contributed by atoms with Gasteiger partial charge in [-0.3, -0.25) is 9.52 Å². The summed E-state index contributed by atoms with van der Waals surface area (Å²) in [7, 11) is -7.98. The topological polar surface area (TPSA) is 175 Å². The summed E-state index contributed by atoms with van der Waals surface area (Å²) in [5.41, 5.74) is 9.42. The summed E-state index contributed by atoms with van der Waals surface area (Å²) in [4.78, 5) is 21.5. The number of imidazole rings is 1. The van der Waals surface area contributed by atoms with Gasteiger partial charge in [0.2, 0.25) is 15.8 Å². The predicted octanol–water partition coefficient (Wildman–Crippen LogP) is 3.74. The number of carbonyl (C=O) groups excluding carboxylic acids is 1. The normalized spacial score (nSPS) is 12.3. The van der Waals surface area contributed by atoms with Crippen molar-refractivity contribution in [2.45, 2.75) is 18.7 Å². The molecule has 0 fully saturated rings. The van der Waals surface area contributed by atoms with Crippen LogP contribution in [-0.2, 0) is 20.0 Å². The highest BCUT2D eigenvalue weighted by Gasteiger charge is 2.29. The fraction of sp³-hybridized carbons (Fsp3) is 0.107. The Morgan fingerprint density at radius 2 is 1.69 bits per heavy atom. The van der Waals surface area contributed by atoms with E-state index in [2.05, 4.69) is 19.8 Å². The maximum Gasteiger partial charge on any atom is 0.268 e. The molecule has 0 aliphatic carbocycles. The Morgan fingerprint density at radius 1 is 0.952 bits per heavy atom. The molecule has 6 aromatic rings. The minimum Gasteiger partial charge on any atom is -0.383 e. The number of nitrogens with zero attached hydrogens (tertiary/aromatic N) is 4. The Balaban J connectivity index is 1.52. The van der Waals surface area contributed by atoms with Crippen molar-refractivity contribution in [2.24, 2.45) is 0 Å². The minimum absolute atomic E-state index is 0.00599. The van der Waals surface area contributed by atoms with Gasteiger partial charge in [-0.25, -0.2) is 30.5 Å². The summed E-state index contributed by atoms with van der Waals surface area (Å²) in [6.07, 6.45) is 2.27. The molecule has 3 aromatic heterocycles.